The lowest BCUT2D eigenvalue weighted by atomic mass is 10.1. The van der Waals surface area contributed by atoms with E-state index in [-0.39, 0.29) is 5.75 Å². The molecule has 10 heteroatoms. The van der Waals surface area contributed by atoms with Crippen LogP contribution in [-0.4, -0.2) is 64.4 Å². The molecule has 0 bridgehead atoms. The van der Waals surface area contributed by atoms with Crippen LogP contribution in [-0.2, 0) is 11.3 Å². The summed E-state index contributed by atoms with van der Waals surface area (Å²) in [5.41, 5.74) is 5.45. The van der Waals surface area contributed by atoms with E-state index in [4.69, 9.17) is 4.74 Å². The van der Waals surface area contributed by atoms with E-state index in [0.29, 0.717) is 12.5 Å². The molecule has 0 amide bonds. The number of nitrogens with one attached hydrogen (secondary N) is 2. The van der Waals surface area contributed by atoms with Crippen molar-refractivity contribution in [2.75, 3.05) is 50.0 Å². The van der Waals surface area contributed by atoms with Crippen molar-refractivity contribution < 1.29 is 9.84 Å². The Hall–Kier alpha value is -4.41. The second-order valence-electron chi connectivity index (χ2n) is 9.62. The van der Waals surface area contributed by atoms with Crippen LogP contribution in [0.3, 0.4) is 0 Å². The van der Waals surface area contributed by atoms with E-state index in [0.717, 1.165) is 85.5 Å². The molecule has 3 N–H and O–H groups in total. The zero-order valence-electron chi connectivity index (χ0n) is 22.6. The lowest BCUT2D eigenvalue weighted by Crippen LogP contribution is -2.37. The molecule has 3 heterocycles. The van der Waals surface area contributed by atoms with E-state index in [1.165, 1.54) is 0 Å². The van der Waals surface area contributed by atoms with Gasteiger partial charge in [-0.2, -0.15) is 10.1 Å². The first kappa shape index (κ1) is 27.2. The third-order valence-electron chi connectivity index (χ3n) is 6.47. The number of azo groups is 1. The summed E-state index contributed by atoms with van der Waals surface area (Å²) < 4.78 is 5.40. The minimum absolute atomic E-state index is 0.254. The monoisotopic (exact) mass is 538 g/mol. The molecule has 206 valence electrons. The minimum atomic E-state index is 0.254. The summed E-state index contributed by atoms with van der Waals surface area (Å²) in [5.74, 6) is 1.35. The molecule has 0 atom stereocenters. The van der Waals surface area contributed by atoms with Gasteiger partial charge in [0.25, 0.3) is 5.95 Å². The lowest BCUT2D eigenvalue weighted by molar-refractivity contribution is 0.0378. The molecule has 5 rings (SSSR count). The number of aryl methyl sites for hydroxylation is 1. The Morgan fingerprint density at radius 3 is 2.55 bits per heavy atom. The van der Waals surface area contributed by atoms with E-state index in [2.05, 4.69) is 40.7 Å². The first-order valence-corrected chi connectivity index (χ1v) is 13.5. The Bertz CT molecular complexity index is 1400. The number of benzene rings is 2. The predicted molar refractivity (Wildman–Crippen MR) is 156 cm³/mol. The van der Waals surface area contributed by atoms with Crippen LogP contribution < -0.4 is 10.6 Å². The highest BCUT2D eigenvalue weighted by Crippen LogP contribution is 2.25. The fourth-order valence-electron chi connectivity index (χ4n) is 4.39. The van der Waals surface area contributed by atoms with Gasteiger partial charge in [0.2, 0.25) is 0 Å². The van der Waals surface area contributed by atoms with Gasteiger partial charge in [0.05, 0.1) is 30.8 Å². The van der Waals surface area contributed by atoms with Gasteiger partial charge in [-0.25, -0.2) is 4.98 Å². The predicted octanol–water partition coefficient (Wildman–Crippen LogP) is 5.71. The number of phenols is 1. The van der Waals surface area contributed by atoms with Gasteiger partial charge in [0.1, 0.15) is 18.1 Å². The summed E-state index contributed by atoms with van der Waals surface area (Å²) in [6.45, 7) is 7.77. The first-order valence-electron chi connectivity index (χ1n) is 13.5. The number of anilines is 3. The molecule has 0 unspecified atom stereocenters. The number of aromatic nitrogens is 3. The largest absolute Gasteiger partial charge is 0.508 e. The van der Waals surface area contributed by atoms with Crippen LogP contribution in [0, 0.1) is 6.92 Å². The topological polar surface area (TPSA) is 120 Å². The Morgan fingerprint density at radius 2 is 1.77 bits per heavy atom. The summed E-state index contributed by atoms with van der Waals surface area (Å²) in [7, 11) is 0. The van der Waals surface area contributed by atoms with Crippen molar-refractivity contribution in [2.24, 2.45) is 10.2 Å². The molecule has 40 heavy (non-hydrogen) atoms. The number of phenolic OH excluding ortho intramolecular Hbond substituents is 1. The smallest absolute Gasteiger partial charge is 0.270 e. The maximum Gasteiger partial charge on any atom is 0.270 e. The van der Waals surface area contributed by atoms with Crippen molar-refractivity contribution in [1.29, 1.82) is 0 Å². The second-order valence-corrected chi connectivity index (χ2v) is 9.62. The quantitative estimate of drug-likeness (QED) is 0.164. The highest BCUT2D eigenvalue weighted by atomic mass is 16.5. The maximum atomic E-state index is 9.71. The third-order valence-corrected chi connectivity index (χ3v) is 6.47. The van der Waals surface area contributed by atoms with Crippen molar-refractivity contribution in [3.05, 3.63) is 84.3 Å². The van der Waals surface area contributed by atoms with E-state index in [1.54, 1.807) is 18.3 Å². The third kappa shape index (κ3) is 8.05. The summed E-state index contributed by atoms with van der Waals surface area (Å²) in [6, 6.07) is 21.0. The first-order chi connectivity index (χ1) is 19.6. The summed E-state index contributed by atoms with van der Waals surface area (Å²) in [4.78, 5) is 15.8. The van der Waals surface area contributed by atoms with Crippen LogP contribution in [0.1, 0.15) is 17.8 Å². The van der Waals surface area contributed by atoms with E-state index in [1.807, 2.05) is 61.5 Å². The Labute approximate surface area is 234 Å². The Morgan fingerprint density at radius 1 is 0.950 bits per heavy atom. The maximum absolute atomic E-state index is 9.71. The summed E-state index contributed by atoms with van der Waals surface area (Å²) >= 11 is 0. The molecule has 1 fully saturated rings. The minimum Gasteiger partial charge on any atom is -0.508 e. The van der Waals surface area contributed by atoms with Gasteiger partial charge in [-0.3, -0.25) is 9.88 Å². The van der Waals surface area contributed by atoms with Crippen molar-refractivity contribution in [2.45, 2.75) is 19.9 Å². The van der Waals surface area contributed by atoms with Gasteiger partial charge < -0.3 is 20.5 Å². The summed E-state index contributed by atoms with van der Waals surface area (Å²) in [6.07, 6.45) is 2.80. The molecule has 0 saturated carbocycles. The van der Waals surface area contributed by atoms with Gasteiger partial charge in [0, 0.05) is 37.1 Å². The van der Waals surface area contributed by atoms with Gasteiger partial charge in [0.15, 0.2) is 0 Å². The molecule has 1 aliphatic rings. The van der Waals surface area contributed by atoms with Crippen LogP contribution in [0.5, 0.6) is 5.75 Å². The standard InChI is InChI=1S/C30H34N8O2/c1-22-18-29(31-12-3-13-38-14-16-40-17-15-38)36-30(34-22)37-33-21-26-10-11-27(20-32-26)35-25-8-6-23(7-9-25)24-4-2-5-28(39)19-24/h2,4-11,18-20,35,39H,3,12-17,21H2,1H3,(H,31,34,36). The van der Waals surface area contributed by atoms with E-state index < -0.39 is 0 Å². The molecule has 4 aromatic rings. The fraction of sp³-hybridized carbons (Fsp3) is 0.300. The van der Waals surface area contributed by atoms with Gasteiger partial charge in [-0.1, -0.05) is 24.3 Å². The molecule has 0 spiro atoms. The zero-order chi connectivity index (χ0) is 27.6. The Balaban J connectivity index is 1.09. The van der Waals surface area contributed by atoms with Crippen LogP contribution in [0.15, 0.2) is 83.2 Å². The van der Waals surface area contributed by atoms with Gasteiger partial charge >= 0.3 is 0 Å². The number of morpholine rings is 1. The average Bonchev–Trinajstić information content (AvgIpc) is 2.97. The summed E-state index contributed by atoms with van der Waals surface area (Å²) in [5, 5.41) is 24.9. The highest BCUT2D eigenvalue weighted by Gasteiger charge is 2.09. The second kappa shape index (κ2) is 13.6. The zero-order valence-corrected chi connectivity index (χ0v) is 22.6. The normalized spacial score (nSPS) is 13.9. The number of hydrogen-bond donors (Lipinski definition) is 3. The van der Waals surface area contributed by atoms with Crippen molar-refractivity contribution in [3.63, 3.8) is 0 Å². The van der Waals surface area contributed by atoms with Crippen molar-refractivity contribution in [1.82, 2.24) is 19.9 Å². The number of hydrogen-bond acceptors (Lipinski definition) is 10. The number of pyridine rings is 1. The average molecular weight is 539 g/mol. The Kier molecular flexibility index (Phi) is 9.23. The molecule has 10 nitrogen and oxygen atoms in total. The van der Waals surface area contributed by atoms with E-state index >= 15 is 0 Å². The molecule has 1 saturated heterocycles. The number of ether oxygens (including phenoxy) is 1. The number of rotatable bonds is 11. The van der Waals surface area contributed by atoms with Crippen LogP contribution in [0.25, 0.3) is 11.1 Å². The molecular formula is C30H34N8O2. The SMILES string of the molecule is Cc1cc(NCCCN2CCOCC2)nc(N=NCc2ccc(Nc3ccc(-c4cccc(O)c4)cc3)cn2)n1. The van der Waals surface area contributed by atoms with Crippen molar-refractivity contribution >= 4 is 23.1 Å². The molecule has 0 radical (unpaired) electrons. The molecule has 1 aliphatic heterocycles. The highest BCUT2D eigenvalue weighted by molar-refractivity contribution is 5.69. The van der Waals surface area contributed by atoms with Gasteiger partial charge in [-0.05, 0) is 67.4 Å². The van der Waals surface area contributed by atoms with Crippen LogP contribution in [0.2, 0.25) is 0 Å². The fourth-order valence-corrected chi connectivity index (χ4v) is 4.39. The molecule has 2 aromatic carbocycles. The molecular weight excluding hydrogens is 504 g/mol. The van der Waals surface area contributed by atoms with Gasteiger partial charge in [-0.15, -0.1) is 5.11 Å². The number of aromatic hydroxyl groups is 1. The number of nitrogens with zero attached hydrogens (tertiary/aromatic N) is 6. The van der Waals surface area contributed by atoms with Crippen molar-refractivity contribution in [3.8, 4) is 16.9 Å². The van der Waals surface area contributed by atoms with E-state index in [9.17, 15) is 5.11 Å². The molecule has 2 aromatic heterocycles. The van der Waals surface area contributed by atoms with Crippen LogP contribution >= 0.6 is 0 Å². The van der Waals surface area contributed by atoms with Crippen LogP contribution in [0.4, 0.5) is 23.1 Å². The lowest BCUT2D eigenvalue weighted by Gasteiger charge is -2.26. The molecule has 0 aliphatic carbocycles.